The number of carbonyl (C=O) groups is 1. The maximum atomic E-state index is 11.6. The first kappa shape index (κ1) is 13.4. The third-order valence-corrected chi connectivity index (χ3v) is 2.81. The monoisotopic (exact) mass is 276 g/mol. The number of carbonyl (C=O) groups excluding carboxylic acids is 1. The van der Waals surface area contributed by atoms with E-state index in [9.17, 15) is 4.79 Å². The van der Waals surface area contributed by atoms with Gasteiger partial charge in [-0.2, -0.15) is 0 Å². The fourth-order valence-electron chi connectivity index (χ4n) is 1.66. The lowest BCUT2D eigenvalue weighted by atomic mass is 10.2. The SMILES string of the molecule is COC(=O)c1ccccc1OCc1cccc(Cl)c1. The summed E-state index contributed by atoms with van der Waals surface area (Å²) in [5, 5.41) is 0.655. The summed E-state index contributed by atoms with van der Waals surface area (Å²) < 4.78 is 10.3. The van der Waals surface area contributed by atoms with Crippen LogP contribution in [0.5, 0.6) is 5.75 Å². The average molecular weight is 277 g/mol. The van der Waals surface area contributed by atoms with Gasteiger partial charge in [0.1, 0.15) is 17.9 Å². The highest BCUT2D eigenvalue weighted by atomic mass is 35.5. The highest BCUT2D eigenvalue weighted by Gasteiger charge is 2.11. The molecule has 2 aromatic rings. The Morgan fingerprint density at radius 2 is 1.95 bits per heavy atom. The van der Waals surface area contributed by atoms with Crippen molar-refractivity contribution in [3.05, 3.63) is 64.7 Å². The first-order valence-corrected chi connectivity index (χ1v) is 6.13. The van der Waals surface area contributed by atoms with Gasteiger partial charge >= 0.3 is 5.97 Å². The van der Waals surface area contributed by atoms with Gasteiger partial charge in [-0.15, -0.1) is 0 Å². The van der Waals surface area contributed by atoms with Gasteiger partial charge in [0.25, 0.3) is 0 Å². The van der Waals surface area contributed by atoms with Crippen LogP contribution in [-0.2, 0) is 11.3 Å². The standard InChI is InChI=1S/C15H13ClO3/c1-18-15(17)13-7-2-3-8-14(13)19-10-11-5-4-6-12(16)9-11/h2-9H,10H2,1H3. The molecule has 19 heavy (non-hydrogen) atoms. The van der Waals surface area contributed by atoms with Gasteiger partial charge in [0.15, 0.2) is 0 Å². The molecule has 98 valence electrons. The summed E-state index contributed by atoms with van der Waals surface area (Å²) in [4.78, 5) is 11.6. The van der Waals surface area contributed by atoms with Gasteiger partial charge < -0.3 is 9.47 Å². The van der Waals surface area contributed by atoms with E-state index < -0.39 is 5.97 Å². The molecule has 0 radical (unpaired) electrons. The molecular formula is C15H13ClO3. The zero-order chi connectivity index (χ0) is 13.7. The van der Waals surface area contributed by atoms with E-state index >= 15 is 0 Å². The summed E-state index contributed by atoms with van der Waals surface area (Å²) in [6.07, 6.45) is 0. The summed E-state index contributed by atoms with van der Waals surface area (Å²) >= 11 is 5.90. The van der Waals surface area contributed by atoms with Crippen LogP contribution in [0.4, 0.5) is 0 Å². The van der Waals surface area contributed by atoms with Crippen molar-refractivity contribution >= 4 is 17.6 Å². The summed E-state index contributed by atoms with van der Waals surface area (Å²) in [6, 6.07) is 14.4. The lowest BCUT2D eigenvalue weighted by Gasteiger charge is -2.10. The molecule has 0 saturated carbocycles. The second-order valence-electron chi connectivity index (χ2n) is 3.91. The van der Waals surface area contributed by atoms with Crippen LogP contribution >= 0.6 is 11.6 Å². The fraction of sp³-hybridized carbons (Fsp3) is 0.133. The lowest BCUT2D eigenvalue weighted by molar-refractivity contribution is 0.0595. The van der Waals surface area contributed by atoms with Crippen LogP contribution in [0.2, 0.25) is 5.02 Å². The Kier molecular flexibility index (Phi) is 4.42. The molecule has 0 unspecified atom stereocenters. The van der Waals surface area contributed by atoms with E-state index in [-0.39, 0.29) is 0 Å². The van der Waals surface area contributed by atoms with Crippen molar-refractivity contribution < 1.29 is 14.3 Å². The van der Waals surface area contributed by atoms with Gasteiger partial charge in [0.05, 0.1) is 7.11 Å². The second kappa shape index (κ2) is 6.25. The van der Waals surface area contributed by atoms with Crippen molar-refractivity contribution in [1.82, 2.24) is 0 Å². The van der Waals surface area contributed by atoms with Crippen molar-refractivity contribution in [2.45, 2.75) is 6.61 Å². The first-order valence-electron chi connectivity index (χ1n) is 5.75. The molecule has 0 fully saturated rings. The Morgan fingerprint density at radius 1 is 1.16 bits per heavy atom. The van der Waals surface area contributed by atoms with Crippen LogP contribution < -0.4 is 4.74 Å². The Balaban J connectivity index is 2.13. The Morgan fingerprint density at radius 3 is 2.68 bits per heavy atom. The minimum Gasteiger partial charge on any atom is -0.488 e. The number of rotatable bonds is 4. The Bertz CT molecular complexity index is 581. The molecule has 0 aliphatic heterocycles. The van der Waals surface area contributed by atoms with Gasteiger partial charge in [-0.1, -0.05) is 35.9 Å². The number of methoxy groups -OCH3 is 1. The molecule has 2 rings (SSSR count). The second-order valence-corrected chi connectivity index (χ2v) is 4.34. The number of hydrogen-bond donors (Lipinski definition) is 0. The van der Waals surface area contributed by atoms with Crippen molar-refractivity contribution in [3.8, 4) is 5.75 Å². The quantitative estimate of drug-likeness (QED) is 0.799. The van der Waals surface area contributed by atoms with Crippen LogP contribution in [0.3, 0.4) is 0 Å². The molecule has 0 aliphatic carbocycles. The third kappa shape index (κ3) is 3.48. The molecule has 0 saturated heterocycles. The number of para-hydroxylation sites is 1. The summed E-state index contributed by atoms with van der Waals surface area (Å²) in [6.45, 7) is 0.342. The molecule has 0 atom stereocenters. The number of benzene rings is 2. The predicted octanol–water partition coefficient (Wildman–Crippen LogP) is 3.71. The van der Waals surface area contributed by atoms with Crippen molar-refractivity contribution in [1.29, 1.82) is 0 Å². The van der Waals surface area contributed by atoms with Gasteiger partial charge in [0, 0.05) is 5.02 Å². The highest BCUT2D eigenvalue weighted by Crippen LogP contribution is 2.20. The topological polar surface area (TPSA) is 35.5 Å². The van der Waals surface area contributed by atoms with E-state index in [1.165, 1.54) is 7.11 Å². The summed E-state index contributed by atoms with van der Waals surface area (Å²) in [5.41, 5.74) is 1.35. The fourth-order valence-corrected chi connectivity index (χ4v) is 1.87. The van der Waals surface area contributed by atoms with Gasteiger partial charge in [-0.25, -0.2) is 4.79 Å². The van der Waals surface area contributed by atoms with Crippen LogP contribution in [0, 0.1) is 0 Å². The van der Waals surface area contributed by atoms with E-state index in [1.807, 2.05) is 18.2 Å². The molecule has 3 nitrogen and oxygen atoms in total. The molecule has 2 aromatic carbocycles. The minimum atomic E-state index is -0.415. The first-order chi connectivity index (χ1) is 9.20. The predicted molar refractivity (Wildman–Crippen MR) is 73.6 cm³/mol. The molecular weight excluding hydrogens is 264 g/mol. The molecule has 0 aromatic heterocycles. The van der Waals surface area contributed by atoms with Gasteiger partial charge in [-0.05, 0) is 29.8 Å². The molecule has 0 N–H and O–H groups in total. The van der Waals surface area contributed by atoms with Crippen LogP contribution in [0.15, 0.2) is 48.5 Å². The van der Waals surface area contributed by atoms with Crippen molar-refractivity contribution in [2.75, 3.05) is 7.11 Å². The molecule has 0 spiro atoms. The molecule has 0 heterocycles. The number of ether oxygens (including phenoxy) is 2. The Hall–Kier alpha value is -2.00. The average Bonchev–Trinajstić information content (AvgIpc) is 2.45. The Labute approximate surface area is 116 Å². The maximum Gasteiger partial charge on any atom is 0.341 e. The minimum absolute atomic E-state index is 0.342. The van der Waals surface area contributed by atoms with E-state index in [4.69, 9.17) is 21.1 Å². The smallest absolute Gasteiger partial charge is 0.341 e. The summed E-state index contributed by atoms with van der Waals surface area (Å²) in [5.74, 6) is 0.0796. The number of halogens is 1. The summed E-state index contributed by atoms with van der Waals surface area (Å²) in [7, 11) is 1.34. The van der Waals surface area contributed by atoms with E-state index in [2.05, 4.69) is 0 Å². The normalized spacial score (nSPS) is 10.0. The van der Waals surface area contributed by atoms with E-state index in [1.54, 1.807) is 30.3 Å². The molecule has 0 amide bonds. The molecule has 4 heteroatoms. The van der Waals surface area contributed by atoms with E-state index in [0.29, 0.717) is 22.9 Å². The number of esters is 1. The van der Waals surface area contributed by atoms with Crippen molar-refractivity contribution in [2.24, 2.45) is 0 Å². The zero-order valence-electron chi connectivity index (χ0n) is 10.4. The van der Waals surface area contributed by atoms with Gasteiger partial charge in [-0.3, -0.25) is 0 Å². The highest BCUT2D eigenvalue weighted by molar-refractivity contribution is 6.30. The third-order valence-electron chi connectivity index (χ3n) is 2.58. The van der Waals surface area contributed by atoms with E-state index in [0.717, 1.165) is 5.56 Å². The van der Waals surface area contributed by atoms with Crippen LogP contribution in [0.25, 0.3) is 0 Å². The van der Waals surface area contributed by atoms with Crippen LogP contribution in [-0.4, -0.2) is 13.1 Å². The number of hydrogen-bond acceptors (Lipinski definition) is 3. The largest absolute Gasteiger partial charge is 0.488 e. The van der Waals surface area contributed by atoms with Crippen molar-refractivity contribution in [3.63, 3.8) is 0 Å². The molecule has 0 aliphatic rings. The van der Waals surface area contributed by atoms with Gasteiger partial charge in [0.2, 0.25) is 0 Å². The lowest BCUT2D eigenvalue weighted by Crippen LogP contribution is -2.05. The van der Waals surface area contributed by atoms with Crippen LogP contribution in [0.1, 0.15) is 15.9 Å². The zero-order valence-corrected chi connectivity index (χ0v) is 11.2. The molecule has 0 bridgehead atoms. The maximum absolute atomic E-state index is 11.6.